The Bertz CT molecular complexity index is 528. The number of amides is 1. The molecule has 0 saturated carbocycles. The first-order valence-electron chi connectivity index (χ1n) is 6.80. The normalized spacial score (nSPS) is 15.0. The molecule has 1 amide bonds. The number of carboxylic acid groups (broad SMARTS) is 1. The molecule has 1 aliphatic rings. The summed E-state index contributed by atoms with van der Waals surface area (Å²) in [4.78, 5) is 24.1. The number of benzene rings is 1. The minimum absolute atomic E-state index is 0.0653. The molecule has 0 aliphatic carbocycles. The van der Waals surface area contributed by atoms with Crippen LogP contribution in [0.25, 0.3) is 0 Å². The van der Waals surface area contributed by atoms with Crippen LogP contribution in [0.1, 0.15) is 24.5 Å². The highest BCUT2D eigenvalue weighted by molar-refractivity contribution is 5.93. The Labute approximate surface area is 118 Å². The number of nitrogens with one attached hydrogen (secondary N) is 1. The van der Waals surface area contributed by atoms with Crippen molar-refractivity contribution in [3.8, 4) is 0 Å². The molecule has 1 unspecified atom stereocenters. The van der Waals surface area contributed by atoms with Crippen molar-refractivity contribution >= 4 is 17.6 Å². The molecule has 5 heteroatoms. The van der Waals surface area contributed by atoms with Gasteiger partial charge in [0, 0.05) is 25.2 Å². The molecule has 5 nitrogen and oxygen atoms in total. The zero-order chi connectivity index (χ0) is 14.7. The second kappa shape index (κ2) is 6.05. The van der Waals surface area contributed by atoms with E-state index in [1.54, 1.807) is 18.9 Å². The Morgan fingerprint density at radius 2 is 2.20 bits per heavy atom. The molecule has 0 aromatic heterocycles. The second-order valence-electron chi connectivity index (χ2n) is 5.17. The number of carboxylic acids is 1. The van der Waals surface area contributed by atoms with Crippen molar-refractivity contribution in [1.29, 1.82) is 0 Å². The standard InChI is InChI=1S/C15H20N2O3/c1-10(18)17-6-5-12-7-11(3-4-14(12)17)8-13(16-2)9-15(19)20/h3-4,7,13,16H,5-6,8-9H2,1-2H3,(H,19,20). The summed E-state index contributed by atoms with van der Waals surface area (Å²) in [5.41, 5.74) is 3.26. The summed E-state index contributed by atoms with van der Waals surface area (Å²) in [5, 5.41) is 11.9. The quantitative estimate of drug-likeness (QED) is 0.848. The summed E-state index contributed by atoms with van der Waals surface area (Å²) < 4.78 is 0. The van der Waals surface area contributed by atoms with Crippen LogP contribution in [0.3, 0.4) is 0 Å². The van der Waals surface area contributed by atoms with Crippen LogP contribution in [0.15, 0.2) is 18.2 Å². The molecular weight excluding hydrogens is 256 g/mol. The lowest BCUT2D eigenvalue weighted by molar-refractivity contribution is -0.137. The van der Waals surface area contributed by atoms with Gasteiger partial charge in [0.25, 0.3) is 0 Å². The van der Waals surface area contributed by atoms with E-state index < -0.39 is 5.97 Å². The third-order valence-corrected chi connectivity index (χ3v) is 3.73. The Morgan fingerprint density at radius 3 is 2.80 bits per heavy atom. The van der Waals surface area contributed by atoms with Gasteiger partial charge in [-0.05, 0) is 37.1 Å². The van der Waals surface area contributed by atoms with Gasteiger partial charge in [-0.3, -0.25) is 9.59 Å². The molecule has 0 saturated heterocycles. The number of hydrogen-bond donors (Lipinski definition) is 2. The highest BCUT2D eigenvalue weighted by Crippen LogP contribution is 2.29. The molecule has 1 aromatic rings. The molecule has 0 fully saturated rings. The van der Waals surface area contributed by atoms with Crippen molar-refractivity contribution < 1.29 is 14.7 Å². The first-order valence-corrected chi connectivity index (χ1v) is 6.80. The maximum Gasteiger partial charge on any atom is 0.304 e. The lowest BCUT2D eigenvalue weighted by atomic mass is 10.0. The van der Waals surface area contributed by atoms with Crippen LogP contribution in [0.4, 0.5) is 5.69 Å². The van der Waals surface area contributed by atoms with Crippen molar-refractivity contribution in [2.45, 2.75) is 32.2 Å². The number of carbonyl (C=O) groups is 2. The molecule has 2 rings (SSSR count). The molecule has 1 heterocycles. The van der Waals surface area contributed by atoms with Gasteiger partial charge >= 0.3 is 5.97 Å². The number of carbonyl (C=O) groups excluding carboxylic acids is 1. The van der Waals surface area contributed by atoms with E-state index in [2.05, 4.69) is 11.4 Å². The van der Waals surface area contributed by atoms with Crippen LogP contribution in [-0.2, 0) is 22.4 Å². The van der Waals surface area contributed by atoms with E-state index in [9.17, 15) is 9.59 Å². The number of aliphatic carboxylic acids is 1. The minimum Gasteiger partial charge on any atom is -0.481 e. The summed E-state index contributed by atoms with van der Waals surface area (Å²) in [6.45, 7) is 2.31. The van der Waals surface area contributed by atoms with Crippen LogP contribution in [0, 0.1) is 0 Å². The molecule has 108 valence electrons. The van der Waals surface area contributed by atoms with Crippen molar-refractivity contribution in [2.24, 2.45) is 0 Å². The van der Waals surface area contributed by atoms with Crippen LogP contribution >= 0.6 is 0 Å². The van der Waals surface area contributed by atoms with E-state index in [1.165, 1.54) is 5.56 Å². The fourth-order valence-electron chi connectivity index (χ4n) is 2.68. The van der Waals surface area contributed by atoms with E-state index >= 15 is 0 Å². The second-order valence-corrected chi connectivity index (χ2v) is 5.17. The average molecular weight is 276 g/mol. The van der Waals surface area contributed by atoms with E-state index in [0.717, 1.165) is 24.2 Å². The van der Waals surface area contributed by atoms with Gasteiger partial charge in [-0.2, -0.15) is 0 Å². The molecule has 20 heavy (non-hydrogen) atoms. The van der Waals surface area contributed by atoms with Gasteiger partial charge in [0.1, 0.15) is 0 Å². The van der Waals surface area contributed by atoms with Crippen LogP contribution in [0.2, 0.25) is 0 Å². The third-order valence-electron chi connectivity index (χ3n) is 3.73. The topological polar surface area (TPSA) is 69.6 Å². The van der Waals surface area contributed by atoms with Crippen molar-refractivity contribution in [1.82, 2.24) is 5.32 Å². The van der Waals surface area contributed by atoms with Gasteiger partial charge in [-0.25, -0.2) is 0 Å². The van der Waals surface area contributed by atoms with E-state index in [4.69, 9.17) is 5.11 Å². The SMILES string of the molecule is CNC(CC(=O)O)Cc1ccc2c(c1)CCN2C(C)=O. The Morgan fingerprint density at radius 1 is 1.45 bits per heavy atom. The first kappa shape index (κ1) is 14.5. The average Bonchev–Trinajstić information content (AvgIpc) is 2.80. The van der Waals surface area contributed by atoms with Crippen molar-refractivity contribution in [3.63, 3.8) is 0 Å². The highest BCUT2D eigenvalue weighted by Gasteiger charge is 2.22. The Kier molecular flexibility index (Phi) is 4.39. The predicted octanol–water partition coefficient (Wildman–Crippen LogP) is 1.20. The minimum atomic E-state index is -0.798. The summed E-state index contributed by atoms with van der Waals surface area (Å²) in [6.07, 6.45) is 1.65. The number of anilines is 1. The van der Waals surface area contributed by atoms with Gasteiger partial charge in [-0.1, -0.05) is 12.1 Å². The van der Waals surface area contributed by atoms with E-state index in [-0.39, 0.29) is 18.4 Å². The van der Waals surface area contributed by atoms with Crippen LogP contribution in [0.5, 0.6) is 0 Å². The van der Waals surface area contributed by atoms with E-state index in [1.807, 2.05) is 12.1 Å². The number of rotatable bonds is 5. The predicted molar refractivity (Wildman–Crippen MR) is 77.0 cm³/mol. The van der Waals surface area contributed by atoms with Crippen molar-refractivity contribution in [2.75, 3.05) is 18.5 Å². The molecule has 0 spiro atoms. The molecular formula is C15H20N2O3. The molecule has 1 atom stereocenters. The zero-order valence-electron chi connectivity index (χ0n) is 11.8. The lowest BCUT2D eigenvalue weighted by Crippen LogP contribution is -2.30. The molecule has 2 N–H and O–H groups in total. The fraction of sp³-hybridized carbons (Fsp3) is 0.467. The third kappa shape index (κ3) is 3.17. The van der Waals surface area contributed by atoms with Gasteiger partial charge in [0.15, 0.2) is 0 Å². The zero-order valence-corrected chi connectivity index (χ0v) is 11.8. The summed E-state index contributed by atoms with van der Waals surface area (Å²) in [6, 6.07) is 5.96. The largest absolute Gasteiger partial charge is 0.481 e. The molecule has 1 aliphatic heterocycles. The molecule has 0 radical (unpaired) electrons. The maximum atomic E-state index is 11.5. The Balaban J connectivity index is 2.12. The summed E-state index contributed by atoms with van der Waals surface area (Å²) >= 11 is 0. The first-order chi connectivity index (χ1) is 9.51. The van der Waals surface area contributed by atoms with E-state index in [0.29, 0.717) is 6.42 Å². The number of nitrogens with zero attached hydrogens (tertiary/aromatic N) is 1. The maximum absolute atomic E-state index is 11.5. The lowest BCUT2D eigenvalue weighted by Gasteiger charge is -2.17. The van der Waals surface area contributed by atoms with Gasteiger partial charge < -0.3 is 15.3 Å². The number of likely N-dealkylation sites (N-methyl/N-ethyl adjacent to an activating group) is 1. The van der Waals surface area contributed by atoms with Crippen molar-refractivity contribution in [3.05, 3.63) is 29.3 Å². The van der Waals surface area contributed by atoms with Gasteiger partial charge in [-0.15, -0.1) is 0 Å². The number of fused-ring (bicyclic) bond motifs is 1. The van der Waals surface area contributed by atoms with Crippen LogP contribution in [-0.4, -0.2) is 36.6 Å². The summed E-state index contributed by atoms with van der Waals surface area (Å²) in [5.74, 6) is -0.733. The van der Waals surface area contributed by atoms with Gasteiger partial charge in [0.2, 0.25) is 5.91 Å². The monoisotopic (exact) mass is 276 g/mol. The smallest absolute Gasteiger partial charge is 0.304 e. The Hall–Kier alpha value is -1.88. The highest BCUT2D eigenvalue weighted by atomic mass is 16.4. The summed E-state index contributed by atoms with van der Waals surface area (Å²) in [7, 11) is 1.78. The molecule has 1 aromatic carbocycles. The molecule has 0 bridgehead atoms. The number of hydrogen-bond acceptors (Lipinski definition) is 3. The fourth-order valence-corrected chi connectivity index (χ4v) is 2.68. The van der Waals surface area contributed by atoms with Gasteiger partial charge in [0.05, 0.1) is 6.42 Å². The van der Waals surface area contributed by atoms with Crippen LogP contribution < -0.4 is 10.2 Å².